The first kappa shape index (κ1) is 24.4. The Morgan fingerprint density at radius 2 is 1.68 bits per heavy atom. The van der Waals surface area contributed by atoms with Gasteiger partial charge in [0.1, 0.15) is 16.5 Å². The Hall–Kier alpha value is -2.69. The Kier molecular flexibility index (Phi) is 7.70. The minimum Gasteiger partial charge on any atom is -0.492 e. The van der Waals surface area contributed by atoms with Gasteiger partial charge in [-0.1, -0.05) is 0 Å². The van der Waals surface area contributed by atoms with Gasteiger partial charge in [0.25, 0.3) is 0 Å². The number of sulfonamides is 1. The van der Waals surface area contributed by atoms with Crippen molar-refractivity contribution in [1.29, 1.82) is 0 Å². The molecule has 0 aromatic heterocycles. The van der Waals surface area contributed by atoms with Crippen molar-refractivity contribution in [2.75, 3.05) is 62.6 Å². The summed E-state index contributed by atoms with van der Waals surface area (Å²) >= 11 is 0. The van der Waals surface area contributed by atoms with Crippen LogP contribution < -0.4 is 15.0 Å². The zero-order valence-corrected chi connectivity index (χ0v) is 20.2. The van der Waals surface area contributed by atoms with Gasteiger partial charge in [-0.3, -0.25) is 9.69 Å². The molecule has 2 aromatic rings. The number of piperazine rings is 1. The summed E-state index contributed by atoms with van der Waals surface area (Å²) in [6.07, 6.45) is 1.68. The largest absolute Gasteiger partial charge is 0.492 e. The topological polar surface area (TPSA) is 82.2 Å². The van der Waals surface area contributed by atoms with E-state index >= 15 is 0 Å². The van der Waals surface area contributed by atoms with Crippen LogP contribution in [0.1, 0.15) is 19.8 Å². The fourth-order valence-electron chi connectivity index (χ4n) is 4.35. The second-order valence-electron chi connectivity index (χ2n) is 8.49. The van der Waals surface area contributed by atoms with Crippen LogP contribution in [0.2, 0.25) is 0 Å². The van der Waals surface area contributed by atoms with E-state index in [1.54, 1.807) is 31.2 Å². The van der Waals surface area contributed by atoms with Crippen molar-refractivity contribution in [1.82, 2.24) is 9.21 Å². The van der Waals surface area contributed by atoms with Gasteiger partial charge in [-0.05, 0) is 62.2 Å². The zero-order chi connectivity index (χ0) is 24.1. The van der Waals surface area contributed by atoms with Gasteiger partial charge >= 0.3 is 0 Å². The molecule has 2 saturated heterocycles. The fraction of sp³-hybridized carbons (Fsp3) is 0.458. The summed E-state index contributed by atoms with van der Waals surface area (Å²) < 4.78 is 46.5. The first-order valence-electron chi connectivity index (χ1n) is 11.7. The highest BCUT2D eigenvalue weighted by molar-refractivity contribution is 7.89. The Morgan fingerprint density at radius 3 is 2.32 bits per heavy atom. The number of ether oxygens (including phenoxy) is 1. The molecule has 2 aromatic carbocycles. The van der Waals surface area contributed by atoms with E-state index in [1.807, 2.05) is 4.90 Å². The molecule has 1 amide bonds. The quantitative estimate of drug-likeness (QED) is 0.613. The smallest absolute Gasteiger partial charge is 0.246 e. The number of hydrogen-bond donors (Lipinski definition) is 1. The van der Waals surface area contributed by atoms with Crippen LogP contribution >= 0.6 is 0 Å². The number of nitrogens with zero attached hydrogens (tertiary/aromatic N) is 3. The first-order chi connectivity index (χ1) is 16.4. The number of rotatable bonds is 8. The molecule has 2 aliphatic rings. The molecule has 0 unspecified atom stereocenters. The number of carbonyl (C=O) groups is 1. The standard InChI is InChI=1S/C24H31FN4O4S/c1-2-33-22-10-7-20(17-23(22)34(31,32)29-11-3-4-12-29)26-24(30)18-27-13-15-28(16-14-27)21-8-5-19(25)6-9-21/h5-10,17H,2-4,11-16,18H2,1H3,(H,26,30). The molecule has 0 saturated carbocycles. The van der Waals surface area contributed by atoms with E-state index in [2.05, 4.69) is 10.2 Å². The first-order valence-corrected chi connectivity index (χ1v) is 13.1. The summed E-state index contributed by atoms with van der Waals surface area (Å²) in [6, 6.07) is 11.2. The van der Waals surface area contributed by atoms with E-state index in [4.69, 9.17) is 4.74 Å². The van der Waals surface area contributed by atoms with Gasteiger partial charge in [-0.15, -0.1) is 0 Å². The van der Waals surface area contributed by atoms with E-state index in [1.165, 1.54) is 22.5 Å². The third-order valence-electron chi connectivity index (χ3n) is 6.14. The molecule has 2 fully saturated rings. The van der Waals surface area contributed by atoms with Gasteiger partial charge in [-0.2, -0.15) is 4.31 Å². The van der Waals surface area contributed by atoms with E-state index in [-0.39, 0.29) is 23.2 Å². The third kappa shape index (κ3) is 5.68. The number of amides is 1. The van der Waals surface area contributed by atoms with Crippen LogP contribution in [-0.2, 0) is 14.8 Å². The highest BCUT2D eigenvalue weighted by atomic mass is 32.2. The number of nitrogens with one attached hydrogen (secondary N) is 1. The molecule has 0 radical (unpaired) electrons. The molecular weight excluding hydrogens is 459 g/mol. The lowest BCUT2D eigenvalue weighted by Crippen LogP contribution is -2.48. The summed E-state index contributed by atoms with van der Waals surface area (Å²) in [5.41, 5.74) is 1.39. The van der Waals surface area contributed by atoms with Crippen molar-refractivity contribution < 1.29 is 22.3 Å². The Balaban J connectivity index is 1.38. The van der Waals surface area contributed by atoms with E-state index in [9.17, 15) is 17.6 Å². The van der Waals surface area contributed by atoms with E-state index in [0.29, 0.717) is 44.2 Å². The second-order valence-corrected chi connectivity index (χ2v) is 10.4. The van der Waals surface area contributed by atoms with E-state index in [0.717, 1.165) is 31.6 Å². The molecule has 0 aliphatic carbocycles. The van der Waals surface area contributed by atoms with Gasteiger partial charge in [0, 0.05) is 50.6 Å². The molecule has 0 atom stereocenters. The van der Waals surface area contributed by atoms with Gasteiger partial charge in [-0.25, -0.2) is 12.8 Å². The summed E-state index contributed by atoms with van der Waals surface area (Å²) in [5, 5.41) is 2.84. The van der Waals surface area contributed by atoms with Crippen molar-refractivity contribution in [3.63, 3.8) is 0 Å². The predicted octanol–water partition coefficient (Wildman–Crippen LogP) is 2.77. The number of benzene rings is 2. The highest BCUT2D eigenvalue weighted by Gasteiger charge is 2.30. The SMILES string of the molecule is CCOc1ccc(NC(=O)CN2CCN(c3ccc(F)cc3)CC2)cc1S(=O)(=O)N1CCCC1. The van der Waals surface area contributed by atoms with Gasteiger partial charge in [0.2, 0.25) is 15.9 Å². The lowest BCUT2D eigenvalue weighted by Gasteiger charge is -2.35. The van der Waals surface area contributed by atoms with Crippen LogP contribution in [0.4, 0.5) is 15.8 Å². The lowest BCUT2D eigenvalue weighted by atomic mass is 10.2. The fourth-order valence-corrected chi connectivity index (χ4v) is 6.02. The lowest BCUT2D eigenvalue weighted by molar-refractivity contribution is -0.117. The van der Waals surface area contributed by atoms with Crippen molar-refractivity contribution in [3.8, 4) is 5.75 Å². The average molecular weight is 491 g/mol. The maximum atomic E-state index is 13.2. The number of anilines is 2. The van der Waals surface area contributed by atoms with Crippen LogP contribution in [0.25, 0.3) is 0 Å². The Morgan fingerprint density at radius 1 is 1.00 bits per heavy atom. The highest BCUT2D eigenvalue weighted by Crippen LogP contribution is 2.31. The van der Waals surface area contributed by atoms with Crippen LogP contribution in [-0.4, -0.2) is 76.0 Å². The van der Waals surface area contributed by atoms with Crippen LogP contribution in [0.3, 0.4) is 0 Å². The molecule has 0 bridgehead atoms. The molecule has 2 heterocycles. The van der Waals surface area contributed by atoms with Crippen LogP contribution in [0.5, 0.6) is 5.75 Å². The molecule has 0 spiro atoms. The van der Waals surface area contributed by atoms with Crippen LogP contribution in [0.15, 0.2) is 47.4 Å². The number of hydrogen-bond acceptors (Lipinski definition) is 6. The molecule has 1 N–H and O–H groups in total. The maximum Gasteiger partial charge on any atom is 0.246 e. The number of halogens is 1. The minimum absolute atomic E-state index is 0.0852. The zero-order valence-electron chi connectivity index (χ0n) is 19.4. The van der Waals surface area contributed by atoms with Gasteiger partial charge in [0.05, 0.1) is 13.2 Å². The molecule has 8 nitrogen and oxygen atoms in total. The molecule has 2 aliphatic heterocycles. The summed E-state index contributed by atoms with van der Waals surface area (Å²) in [6.45, 7) is 6.21. The van der Waals surface area contributed by atoms with Crippen molar-refractivity contribution in [3.05, 3.63) is 48.3 Å². The van der Waals surface area contributed by atoms with Gasteiger partial charge < -0.3 is 15.0 Å². The van der Waals surface area contributed by atoms with Crippen molar-refractivity contribution in [2.24, 2.45) is 0 Å². The van der Waals surface area contributed by atoms with Crippen molar-refractivity contribution in [2.45, 2.75) is 24.7 Å². The van der Waals surface area contributed by atoms with Crippen molar-refractivity contribution >= 4 is 27.3 Å². The number of carbonyl (C=O) groups excluding carboxylic acids is 1. The van der Waals surface area contributed by atoms with E-state index < -0.39 is 10.0 Å². The average Bonchev–Trinajstić information content (AvgIpc) is 3.37. The van der Waals surface area contributed by atoms with Crippen LogP contribution in [0, 0.1) is 5.82 Å². The summed E-state index contributed by atoms with van der Waals surface area (Å²) in [4.78, 5) is 17.0. The maximum absolute atomic E-state index is 13.2. The molecular formula is C24H31FN4O4S. The molecule has 4 rings (SSSR count). The second kappa shape index (κ2) is 10.7. The molecule has 34 heavy (non-hydrogen) atoms. The minimum atomic E-state index is -3.69. The molecule has 184 valence electrons. The normalized spacial score (nSPS) is 17.6. The third-order valence-corrected chi connectivity index (χ3v) is 8.06. The predicted molar refractivity (Wildman–Crippen MR) is 129 cm³/mol. The summed E-state index contributed by atoms with van der Waals surface area (Å²) in [5.74, 6) is -0.169. The Bertz CT molecular complexity index is 1100. The monoisotopic (exact) mass is 490 g/mol. The summed E-state index contributed by atoms with van der Waals surface area (Å²) in [7, 11) is -3.69. The Labute approximate surface area is 200 Å². The molecule has 10 heteroatoms. The van der Waals surface area contributed by atoms with Gasteiger partial charge in [0.15, 0.2) is 0 Å².